The van der Waals surface area contributed by atoms with Gasteiger partial charge in [-0.2, -0.15) is 0 Å². The van der Waals surface area contributed by atoms with Crippen molar-refractivity contribution < 1.29 is 14.6 Å². The molecule has 2 aliphatic rings. The maximum absolute atomic E-state index is 13.0. The molecule has 6 nitrogen and oxygen atoms in total. The van der Waals surface area contributed by atoms with E-state index in [9.17, 15) is 9.90 Å². The molecule has 148 valence electrons. The van der Waals surface area contributed by atoms with Crippen molar-refractivity contribution in [3.05, 3.63) is 48.0 Å². The number of aryl methyl sites for hydroxylation is 1. The fourth-order valence-electron chi connectivity index (χ4n) is 4.06. The molecule has 1 N–H and O–H groups in total. The van der Waals surface area contributed by atoms with Crippen LogP contribution in [0, 0.1) is 0 Å². The number of ether oxygens (including phenoxy) is 1. The minimum atomic E-state index is 0.171. The van der Waals surface area contributed by atoms with Gasteiger partial charge >= 0.3 is 0 Å². The molecule has 0 spiro atoms. The molecule has 0 unspecified atom stereocenters. The second-order valence-electron chi connectivity index (χ2n) is 7.42. The first-order valence-electron chi connectivity index (χ1n) is 9.87. The Balaban J connectivity index is 1.36. The summed E-state index contributed by atoms with van der Waals surface area (Å²) in [6.07, 6.45) is 1.97. The lowest BCUT2D eigenvalue weighted by Crippen LogP contribution is -2.50. The molecule has 0 aliphatic carbocycles. The van der Waals surface area contributed by atoms with Crippen LogP contribution in [0.25, 0.3) is 0 Å². The predicted molar refractivity (Wildman–Crippen MR) is 110 cm³/mol. The molecule has 1 saturated heterocycles. The SMILES string of the molecule is COc1ccc2c(c1)CCCN2C(=O)CN1CCN(c2ccc(O)cc2)CC1. The number of piperazine rings is 1. The number of hydrogen-bond donors (Lipinski definition) is 1. The number of phenols is 1. The van der Waals surface area contributed by atoms with E-state index in [0.717, 1.165) is 62.7 Å². The van der Waals surface area contributed by atoms with Gasteiger partial charge in [-0.1, -0.05) is 0 Å². The fourth-order valence-corrected chi connectivity index (χ4v) is 4.06. The molecule has 6 heteroatoms. The lowest BCUT2D eigenvalue weighted by atomic mass is 10.0. The van der Waals surface area contributed by atoms with E-state index in [1.165, 1.54) is 5.56 Å². The number of amides is 1. The molecule has 2 heterocycles. The average molecular weight is 381 g/mol. The maximum Gasteiger partial charge on any atom is 0.241 e. The first-order valence-corrected chi connectivity index (χ1v) is 9.87. The Bertz CT molecular complexity index is 829. The number of carbonyl (C=O) groups excluding carboxylic acids is 1. The van der Waals surface area contributed by atoms with Crippen LogP contribution in [0.4, 0.5) is 11.4 Å². The zero-order valence-electron chi connectivity index (χ0n) is 16.3. The summed E-state index contributed by atoms with van der Waals surface area (Å²) in [6, 6.07) is 13.3. The Morgan fingerprint density at radius 3 is 2.50 bits per heavy atom. The van der Waals surface area contributed by atoms with Crippen LogP contribution in [0.3, 0.4) is 0 Å². The molecule has 0 atom stereocenters. The van der Waals surface area contributed by atoms with E-state index in [4.69, 9.17) is 4.74 Å². The summed E-state index contributed by atoms with van der Waals surface area (Å²) in [4.78, 5) is 19.4. The van der Waals surface area contributed by atoms with Gasteiger partial charge in [0.15, 0.2) is 0 Å². The third-order valence-corrected chi connectivity index (χ3v) is 5.65. The maximum atomic E-state index is 13.0. The highest BCUT2D eigenvalue weighted by Gasteiger charge is 2.26. The van der Waals surface area contributed by atoms with Gasteiger partial charge in [0.05, 0.1) is 13.7 Å². The number of carbonyl (C=O) groups is 1. The van der Waals surface area contributed by atoms with Gasteiger partial charge in [0.1, 0.15) is 11.5 Å². The van der Waals surface area contributed by atoms with E-state index in [1.54, 1.807) is 19.2 Å². The van der Waals surface area contributed by atoms with Crippen LogP contribution >= 0.6 is 0 Å². The Morgan fingerprint density at radius 2 is 1.79 bits per heavy atom. The summed E-state index contributed by atoms with van der Waals surface area (Å²) < 4.78 is 5.32. The molecule has 1 fully saturated rings. The topological polar surface area (TPSA) is 56.2 Å². The number of fused-ring (bicyclic) bond motifs is 1. The molecule has 1 amide bonds. The predicted octanol–water partition coefficient (Wildman–Crippen LogP) is 2.50. The Kier molecular flexibility index (Phi) is 5.39. The minimum Gasteiger partial charge on any atom is -0.508 e. The third-order valence-electron chi connectivity index (χ3n) is 5.65. The number of phenolic OH excluding ortho intramolecular Hbond substituents is 1. The van der Waals surface area contributed by atoms with E-state index in [0.29, 0.717) is 6.54 Å². The van der Waals surface area contributed by atoms with Crippen LogP contribution in [0.1, 0.15) is 12.0 Å². The Morgan fingerprint density at radius 1 is 1.04 bits per heavy atom. The second kappa shape index (κ2) is 8.10. The number of methoxy groups -OCH3 is 1. The van der Waals surface area contributed by atoms with Crippen LogP contribution in [0.2, 0.25) is 0 Å². The van der Waals surface area contributed by atoms with E-state index < -0.39 is 0 Å². The van der Waals surface area contributed by atoms with Crippen molar-refractivity contribution in [3.8, 4) is 11.5 Å². The number of anilines is 2. The fraction of sp³-hybridized carbons (Fsp3) is 0.409. The Hall–Kier alpha value is -2.73. The lowest BCUT2D eigenvalue weighted by Gasteiger charge is -2.37. The number of hydrogen-bond acceptors (Lipinski definition) is 5. The average Bonchev–Trinajstić information content (AvgIpc) is 2.74. The van der Waals surface area contributed by atoms with Gasteiger partial charge in [-0.15, -0.1) is 0 Å². The molecule has 2 aromatic carbocycles. The zero-order chi connectivity index (χ0) is 19.5. The summed E-state index contributed by atoms with van der Waals surface area (Å²) in [5, 5.41) is 9.44. The molecule has 28 heavy (non-hydrogen) atoms. The molecule has 0 aromatic heterocycles. The van der Waals surface area contributed by atoms with Crippen molar-refractivity contribution in [1.29, 1.82) is 0 Å². The molecule has 0 radical (unpaired) electrons. The van der Waals surface area contributed by atoms with Crippen LogP contribution < -0.4 is 14.5 Å². The standard InChI is InChI=1S/C22H27N3O3/c1-28-20-8-9-21-17(15-20)3-2-10-25(21)22(27)16-23-11-13-24(14-12-23)18-4-6-19(26)7-5-18/h4-9,15,26H,2-3,10-14,16H2,1H3. The van der Waals surface area contributed by atoms with Gasteiger partial charge in [-0.3, -0.25) is 9.69 Å². The van der Waals surface area contributed by atoms with Crippen molar-refractivity contribution in [1.82, 2.24) is 4.90 Å². The van der Waals surface area contributed by atoms with Gasteiger partial charge in [0, 0.05) is 44.1 Å². The van der Waals surface area contributed by atoms with Gasteiger partial charge in [0.2, 0.25) is 5.91 Å². The third kappa shape index (κ3) is 3.92. The second-order valence-corrected chi connectivity index (χ2v) is 7.42. The highest BCUT2D eigenvalue weighted by Crippen LogP contribution is 2.30. The van der Waals surface area contributed by atoms with E-state index in [1.807, 2.05) is 35.2 Å². The molecule has 0 bridgehead atoms. The van der Waals surface area contributed by atoms with E-state index in [2.05, 4.69) is 9.80 Å². The van der Waals surface area contributed by atoms with Gasteiger partial charge in [-0.25, -0.2) is 0 Å². The molecule has 4 rings (SSSR count). The largest absolute Gasteiger partial charge is 0.508 e. The lowest BCUT2D eigenvalue weighted by molar-refractivity contribution is -0.119. The molecule has 2 aliphatic heterocycles. The smallest absolute Gasteiger partial charge is 0.241 e. The van der Waals surface area contributed by atoms with Crippen molar-refractivity contribution in [2.75, 3.05) is 56.2 Å². The number of benzene rings is 2. The van der Waals surface area contributed by atoms with E-state index >= 15 is 0 Å². The van der Waals surface area contributed by atoms with Crippen molar-refractivity contribution in [2.24, 2.45) is 0 Å². The molecular weight excluding hydrogens is 354 g/mol. The molecule has 2 aromatic rings. The normalized spacial score (nSPS) is 17.3. The summed E-state index contributed by atoms with van der Waals surface area (Å²) in [5.74, 6) is 1.30. The van der Waals surface area contributed by atoms with Gasteiger partial charge in [-0.05, 0) is 60.9 Å². The summed E-state index contributed by atoms with van der Waals surface area (Å²) in [6.45, 7) is 4.71. The van der Waals surface area contributed by atoms with Crippen molar-refractivity contribution >= 4 is 17.3 Å². The van der Waals surface area contributed by atoms with Gasteiger partial charge < -0.3 is 19.6 Å². The number of nitrogens with zero attached hydrogens (tertiary/aromatic N) is 3. The van der Waals surface area contributed by atoms with Crippen LogP contribution in [0.15, 0.2) is 42.5 Å². The highest BCUT2D eigenvalue weighted by atomic mass is 16.5. The summed E-state index contributed by atoms with van der Waals surface area (Å²) in [7, 11) is 1.67. The highest BCUT2D eigenvalue weighted by molar-refractivity contribution is 5.96. The monoisotopic (exact) mass is 381 g/mol. The van der Waals surface area contributed by atoms with Crippen molar-refractivity contribution in [3.63, 3.8) is 0 Å². The van der Waals surface area contributed by atoms with E-state index in [-0.39, 0.29) is 11.7 Å². The molecular formula is C22H27N3O3. The summed E-state index contributed by atoms with van der Waals surface area (Å²) >= 11 is 0. The quantitative estimate of drug-likeness (QED) is 0.882. The minimum absolute atomic E-state index is 0.171. The van der Waals surface area contributed by atoms with Crippen molar-refractivity contribution in [2.45, 2.75) is 12.8 Å². The first-order chi connectivity index (χ1) is 13.6. The van der Waals surface area contributed by atoms with Crippen LogP contribution in [0.5, 0.6) is 11.5 Å². The number of rotatable bonds is 4. The first kappa shape index (κ1) is 18.6. The molecule has 0 saturated carbocycles. The Labute approximate surface area is 165 Å². The number of aromatic hydroxyl groups is 1. The van der Waals surface area contributed by atoms with Crippen LogP contribution in [-0.2, 0) is 11.2 Å². The zero-order valence-corrected chi connectivity index (χ0v) is 16.3. The summed E-state index contributed by atoms with van der Waals surface area (Å²) in [5.41, 5.74) is 3.33. The van der Waals surface area contributed by atoms with Crippen LogP contribution in [-0.4, -0.2) is 62.3 Å². The van der Waals surface area contributed by atoms with Gasteiger partial charge in [0.25, 0.3) is 0 Å².